The second-order valence-electron chi connectivity index (χ2n) is 6.61. The molecule has 1 atom stereocenters. The summed E-state index contributed by atoms with van der Waals surface area (Å²) in [7, 11) is 0. The Hall–Kier alpha value is -0.860. The van der Waals surface area contributed by atoms with E-state index in [4.69, 9.17) is 4.74 Å². The van der Waals surface area contributed by atoms with Gasteiger partial charge in [-0.15, -0.1) is 0 Å². The summed E-state index contributed by atoms with van der Waals surface area (Å²) in [6.45, 7) is 9.04. The molecule has 1 fully saturated rings. The van der Waals surface area contributed by atoms with Crippen molar-refractivity contribution in [2.75, 3.05) is 6.61 Å². The van der Waals surface area contributed by atoms with Crippen molar-refractivity contribution in [3.63, 3.8) is 0 Å². The first-order chi connectivity index (χ1) is 10.00. The number of hydrogen-bond donors (Lipinski definition) is 1. The Labute approximate surface area is 129 Å². The lowest BCUT2D eigenvalue weighted by atomic mass is 9.82. The Morgan fingerprint density at radius 3 is 2.14 bits per heavy atom. The van der Waals surface area contributed by atoms with Gasteiger partial charge in [0.05, 0.1) is 5.60 Å². The highest BCUT2D eigenvalue weighted by Crippen LogP contribution is 2.41. The van der Waals surface area contributed by atoms with Crippen molar-refractivity contribution in [2.45, 2.75) is 77.9 Å². The lowest BCUT2D eigenvalue weighted by Gasteiger charge is -2.38. The first-order valence-corrected chi connectivity index (χ1v) is 8.40. The molecule has 0 radical (unpaired) electrons. The fraction of sp³-hybridized carbons (Fsp3) is 0.684. The highest BCUT2D eigenvalue weighted by molar-refractivity contribution is 5.38. The second kappa shape index (κ2) is 6.93. The molecule has 0 heterocycles. The van der Waals surface area contributed by atoms with Crippen LogP contribution in [0.1, 0.15) is 73.8 Å². The number of rotatable bonds is 4. The topological polar surface area (TPSA) is 29.5 Å². The predicted octanol–water partition coefficient (Wildman–Crippen LogP) is 4.77. The van der Waals surface area contributed by atoms with Gasteiger partial charge in [0.25, 0.3) is 0 Å². The van der Waals surface area contributed by atoms with Crippen LogP contribution in [0.4, 0.5) is 0 Å². The molecule has 2 heteroatoms. The number of ether oxygens (including phenoxy) is 1. The SMILES string of the molecule is CCOC1(C(O)c2cc(C)c(C)cc2C)CCCCCC1. The van der Waals surface area contributed by atoms with E-state index in [1.807, 2.05) is 6.92 Å². The van der Waals surface area contributed by atoms with Crippen molar-refractivity contribution >= 4 is 0 Å². The Bertz CT molecular complexity index is 471. The van der Waals surface area contributed by atoms with Gasteiger partial charge in [0.15, 0.2) is 0 Å². The molecule has 0 aromatic heterocycles. The van der Waals surface area contributed by atoms with Crippen LogP contribution in [0.15, 0.2) is 12.1 Å². The van der Waals surface area contributed by atoms with E-state index in [1.54, 1.807) is 0 Å². The van der Waals surface area contributed by atoms with E-state index in [0.29, 0.717) is 6.61 Å². The average Bonchev–Trinajstić information content (AvgIpc) is 2.69. The van der Waals surface area contributed by atoms with Crippen LogP contribution < -0.4 is 0 Å². The van der Waals surface area contributed by atoms with Crippen molar-refractivity contribution in [3.8, 4) is 0 Å². The van der Waals surface area contributed by atoms with Crippen molar-refractivity contribution in [2.24, 2.45) is 0 Å². The lowest BCUT2D eigenvalue weighted by Crippen LogP contribution is -2.39. The molecule has 2 nitrogen and oxygen atoms in total. The summed E-state index contributed by atoms with van der Waals surface area (Å²) in [6, 6.07) is 4.34. The van der Waals surface area contributed by atoms with Crippen LogP contribution >= 0.6 is 0 Å². The largest absolute Gasteiger partial charge is 0.385 e. The maximum absolute atomic E-state index is 11.1. The first kappa shape index (κ1) is 16.5. The highest BCUT2D eigenvalue weighted by atomic mass is 16.5. The van der Waals surface area contributed by atoms with Crippen LogP contribution in [-0.2, 0) is 4.74 Å². The zero-order valence-corrected chi connectivity index (χ0v) is 14.0. The molecule has 1 aliphatic carbocycles. The zero-order valence-electron chi connectivity index (χ0n) is 14.0. The maximum atomic E-state index is 11.1. The second-order valence-corrected chi connectivity index (χ2v) is 6.61. The number of hydrogen-bond acceptors (Lipinski definition) is 2. The summed E-state index contributed by atoms with van der Waals surface area (Å²) in [5.74, 6) is 0. The molecule has 0 aliphatic heterocycles. The quantitative estimate of drug-likeness (QED) is 0.809. The van der Waals surface area contributed by atoms with Crippen molar-refractivity contribution in [1.29, 1.82) is 0 Å². The van der Waals surface area contributed by atoms with Gasteiger partial charge in [0, 0.05) is 6.61 Å². The highest BCUT2D eigenvalue weighted by Gasteiger charge is 2.40. The average molecular weight is 290 g/mol. The van der Waals surface area contributed by atoms with E-state index >= 15 is 0 Å². The summed E-state index contributed by atoms with van der Waals surface area (Å²) < 4.78 is 6.14. The smallest absolute Gasteiger partial charge is 0.108 e. The van der Waals surface area contributed by atoms with E-state index in [0.717, 1.165) is 31.2 Å². The summed E-state index contributed by atoms with van der Waals surface area (Å²) >= 11 is 0. The molecular formula is C19H30O2. The Morgan fingerprint density at radius 2 is 1.57 bits per heavy atom. The van der Waals surface area contributed by atoms with E-state index in [-0.39, 0.29) is 0 Å². The summed E-state index contributed by atoms with van der Waals surface area (Å²) in [5, 5.41) is 11.1. The molecule has 1 saturated carbocycles. The fourth-order valence-electron chi connectivity index (χ4n) is 3.67. The minimum absolute atomic E-state index is 0.391. The number of aliphatic hydroxyl groups is 1. The first-order valence-electron chi connectivity index (χ1n) is 8.40. The minimum Gasteiger partial charge on any atom is -0.385 e. The van der Waals surface area contributed by atoms with Gasteiger partial charge in [-0.2, -0.15) is 0 Å². The van der Waals surface area contributed by atoms with Crippen LogP contribution in [0.2, 0.25) is 0 Å². The standard InChI is InChI=1S/C19H30O2/c1-5-21-19(10-8-6-7-9-11-19)18(20)17-13-15(3)14(2)12-16(17)4/h12-13,18,20H,5-11H2,1-4H3. The molecular weight excluding hydrogens is 260 g/mol. The van der Waals surface area contributed by atoms with Gasteiger partial charge in [-0.3, -0.25) is 0 Å². The number of aliphatic hydroxyl groups excluding tert-OH is 1. The van der Waals surface area contributed by atoms with Crippen LogP contribution in [0.3, 0.4) is 0 Å². The van der Waals surface area contributed by atoms with Gasteiger partial charge in [-0.05, 0) is 62.8 Å². The molecule has 1 aliphatic rings. The third-order valence-electron chi connectivity index (χ3n) is 5.06. The van der Waals surface area contributed by atoms with Gasteiger partial charge < -0.3 is 9.84 Å². The number of benzene rings is 1. The fourth-order valence-corrected chi connectivity index (χ4v) is 3.67. The zero-order chi connectivity index (χ0) is 15.5. The van der Waals surface area contributed by atoms with Gasteiger partial charge >= 0.3 is 0 Å². The van der Waals surface area contributed by atoms with Crippen LogP contribution in [0.25, 0.3) is 0 Å². The molecule has 0 amide bonds. The molecule has 2 rings (SSSR count). The third-order valence-corrected chi connectivity index (χ3v) is 5.06. The van der Waals surface area contributed by atoms with Gasteiger partial charge in [-0.25, -0.2) is 0 Å². The van der Waals surface area contributed by atoms with Crippen LogP contribution in [0.5, 0.6) is 0 Å². The Morgan fingerprint density at radius 1 is 1.00 bits per heavy atom. The van der Waals surface area contributed by atoms with E-state index < -0.39 is 11.7 Å². The monoisotopic (exact) mass is 290 g/mol. The predicted molar refractivity (Wildman–Crippen MR) is 87.7 cm³/mol. The van der Waals surface area contributed by atoms with Gasteiger partial charge in [0.2, 0.25) is 0 Å². The maximum Gasteiger partial charge on any atom is 0.108 e. The molecule has 1 aromatic rings. The molecule has 21 heavy (non-hydrogen) atoms. The van der Waals surface area contributed by atoms with Gasteiger partial charge in [-0.1, -0.05) is 37.8 Å². The van der Waals surface area contributed by atoms with Gasteiger partial charge in [0.1, 0.15) is 6.10 Å². The minimum atomic E-state index is -0.519. The molecule has 0 spiro atoms. The van der Waals surface area contributed by atoms with Crippen molar-refractivity contribution in [1.82, 2.24) is 0 Å². The molecule has 1 N–H and O–H groups in total. The van der Waals surface area contributed by atoms with E-state index in [1.165, 1.54) is 29.5 Å². The molecule has 0 bridgehead atoms. The lowest BCUT2D eigenvalue weighted by molar-refractivity contribution is -0.131. The van der Waals surface area contributed by atoms with Crippen LogP contribution in [-0.4, -0.2) is 17.3 Å². The molecule has 0 saturated heterocycles. The molecule has 118 valence electrons. The van der Waals surface area contributed by atoms with E-state index in [2.05, 4.69) is 32.9 Å². The van der Waals surface area contributed by atoms with Crippen LogP contribution in [0, 0.1) is 20.8 Å². The van der Waals surface area contributed by atoms with E-state index in [9.17, 15) is 5.11 Å². The number of aryl methyl sites for hydroxylation is 3. The summed E-state index contributed by atoms with van der Waals surface area (Å²) in [4.78, 5) is 0. The Balaban J connectivity index is 2.37. The summed E-state index contributed by atoms with van der Waals surface area (Å²) in [5.41, 5.74) is 4.37. The summed E-state index contributed by atoms with van der Waals surface area (Å²) in [6.07, 6.45) is 6.24. The normalized spacial score (nSPS) is 20.0. The van der Waals surface area contributed by atoms with Crippen molar-refractivity contribution < 1.29 is 9.84 Å². The molecule has 1 aromatic carbocycles. The molecule has 1 unspecified atom stereocenters. The Kier molecular flexibility index (Phi) is 5.45. The third kappa shape index (κ3) is 3.49. The van der Waals surface area contributed by atoms with Crippen molar-refractivity contribution in [3.05, 3.63) is 34.4 Å².